The van der Waals surface area contributed by atoms with Crippen LogP contribution in [0.2, 0.25) is 0 Å². The molecule has 0 aliphatic heterocycles. The fraction of sp³-hybridized carbons (Fsp3) is 0.538. The highest BCUT2D eigenvalue weighted by Gasteiger charge is 2.22. The van der Waals surface area contributed by atoms with Gasteiger partial charge in [0.15, 0.2) is 0 Å². The minimum atomic E-state index is -0.160. The summed E-state index contributed by atoms with van der Waals surface area (Å²) in [5, 5.41) is 0. The molecule has 0 radical (unpaired) electrons. The van der Waals surface area contributed by atoms with Gasteiger partial charge in [0, 0.05) is 18.8 Å². The normalized spacial score (nSPS) is 15.9. The molecule has 0 spiro atoms. The van der Waals surface area contributed by atoms with Crippen LogP contribution in [0.15, 0.2) is 18.2 Å². The van der Waals surface area contributed by atoms with Gasteiger partial charge in [-0.3, -0.25) is 0 Å². The Morgan fingerprint density at radius 3 is 2.69 bits per heavy atom. The van der Waals surface area contributed by atoms with Crippen molar-refractivity contribution in [1.82, 2.24) is 0 Å². The van der Waals surface area contributed by atoms with Gasteiger partial charge in [-0.1, -0.05) is 0 Å². The first-order valence-corrected chi connectivity index (χ1v) is 5.93. The Morgan fingerprint density at radius 2 is 2.12 bits per heavy atom. The maximum Gasteiger partial charge on any atom is 0.125 e. The molecule has 2 nitrogen and oxygen atoms in total. The Balaban J connectivity index is 2.18. The predicted molar refractivity (Wildman–Crippen MR) is 65.2 cm³/mol. The molecule has 3 heteroatoms. The molecule has 1 aliphatic rings. The van der Waals surface area contributed by atoms with E-state index in [0.717, 1.165) is 17.7 Å². The highest BCUT2D eigenvalue weighted by Crippen LogP contribution is 2.29. The van der Waals surface area contributed by atoms with E-state index in [1.165, 1.54) is 19.3 Å². The first kappa shape index (κ1) is 11.4. The van der Waals surface area contributed by atoms with E-state index in [1.807, 2.05) is 13.1 Å². The van der Waals surface area contributed by atoms with E-state index >= 15 is 0 Å². The predicted octanol–water partition coefficient (Wildman–Crippen LogP) is 2.32. The van der Waals surface area contributed by atoms with Crippen LogP contribution in [0.3, 0.4) is 0 Å². The van der Waals surface area contributed by atoms with Gasteiger partial charge in [-0.05, 0) is 56.0 Å². The highest BCUT2D eigenvalue weighted by molar-refractivity contribution is 5.49. The lowest BCUT2D eigenvalue weighted by Crippen LogP contribution is -2.37. The summed E-state index contributed by atoms with van der Waals surface area (Å²) in [6.45, 7) is 0.566. The summed E-state index contributed by atoms with van der Waals surface area (Å²) < 4.78 is 13.4. The number of hydrogen-bond donors (Lipinski definition) is 1. The molecule has 0 unspecified atom stereocenters. The molecule has 1 aromatic rings. The lowest BCUT2D eigenvalue weighted by atomic mass is 9.91. The van der Waals surface area contributed by atoms with Gasteiger partial charge in [-0.2, -0.15) is 0 Å². The van der Waals surface area contributed by atoms with E-state index in [2.05, 4.69) is 4.90 Å². The van der Waals surface area contributed by atoms with Gasteiger partial charge in [0.25, 0.3) is 0 Å². The summed E-state index contributed by atoms with van der Waals surface area (Å²) in [5.74, 6) is -0.160. The molecule has 16 heavy (non-hydrogen) atoms. The van der Waals surface area contributed by atoms with Crippen LogP contribution in [0.5, 0.6) is 0 Å². The second-order valence-corrected chi connectivity index (χ2v) is 4.55. The molecule has 0 bridgehead atoms. The van der Waals surface area contributed by atoms with Crippen LogP contribution in [-0.4, -0.2) is 19.6 Å². The third-order valence-electron chi connectivity index (χ3n) is 3.41. The topological polar surface area (TPSA) is 29.3 Å². The number of benzene rings is 1. The smallest absolute Gasteiger partial charge is 0.125 e. The average molecular weight is 222 g/mol. The molecular weight excluding hydrogens is 203 g/mol. The lowest BCUT2D eigenvalue weighted by molar-refractivity contribution is 0.401. The largest absolute Gasteiger partial charge is 0.372 e. The van der Waals surface area contributed by atoms with Gasteiger partial charge in [0.2, 0.25) is 0 Å². The fourth-order valence-electron chi connectivity index (χ4n) is 2.13. The van der Waals surface area contributed by atoms with Crippen molar-refractivity contribution in [3.63, 3.8) is 0 Å². The number of nitrogens with two attached hydrogens (primary N) is 1. The SMILES string of the molecule is CN(c1cc(F)cc(CCN)c1)C1CCC1. The summed E-state index contributed by atoms with van der Waals surface area (Å²) in [4.78, 5) is 2.19. The summed E-state index contributed by atoms with van der Waals surface area (Å²) in [7, 11) is 2.05. The van der Waals surface area contributed by atoms with Crippen molar-refractivity contribution in [3.05, 3.63) is 29.6 Å². The Kier molecular flexibility index (Phi) is 3.44. The van der Waals surface area contributed by atoms with Gasteiger partial charge < -0.3 is 10.6 Å². The van der Waals surface area contributed by atoms with Crippen LogP contribution in [0.25, 0.3) is 0 Å². The molecule has 2 rings (SSSR count). The van der Waals surface area contributed by atoms with E-state index in [-0.39, 0.29) is 5.82 Å². The Morgan fingerprint density at radius 1 is 1.38 bits per heavy atom. The molecule has 0 aromatic heterocycles. The number of hydrogen-bond acceptors (Lipinski definition) is 2. The quantitative estimate of drug-likeness (QED) is 0.847. The van der Waals surface area contributed by atoms with Crippen molar-refractivity contribution in [2.24, 2.45) is 5.73 Å². The number of halogens is 1. The summed E-state index contributed by atoms with van der Waals surface area (Å²) in [6, 6.07) is 5.82. The molecule has 0 saturated heterocycles. The van der Waals surface area contributed by atoms with Crippen molar-refractivity contribution in [3.8, 4) is 0 Å². The molecule has 1 fully saturated rings. The maximum atomic E-state index is 13.4. The second kappa shape index (κ2) is 4.83. The third-order valence-corrected chi connectivity index (χ3v) is 3.41. The van der Waals surface area contributed by atoms with Crippen LogP contribution in [-0.2, 0) is 6.42 Å². The average Bonchev–Trinajstić information content (AvgIpc) is 2.14. The van der Waals surface area contributed by atoms with Crippen LogP contribution < -0.4 is 10.6 Å². The minimum absolute atomic E-state index is 0.160. The standard InChI is InChI=1S/C13H19FN2/c1-16(12-3-2-4-12)13-8-10(5-6-15)7-11(14)9-13/h7-9,12H,2-6,15H2,1H3. The van der Waals surface area contributed by atoms with E-state index < -0.39 is 0 Å². The third kappa shape index (κ3) is 2.35. The van der Waals surface area contributed by atoms with Crippen molar-refractivity contribution in [2.75, 3.05) is 18.5 Å². The zero-order valence-electron chi connectivity index (χ0n) is 9.75. The first-order valence-electron chi connectivity index (χ1n) is 5.93. The molecule has 0 heterocycles. The van der Waals surface area contributed by atoms with Crippen LogP contribution in [0, 0.1) is 5.82 Å². The molecular formula is C13H19FN2. The molecule has 0 amide bonds. The molecule has 1 aliphatic carbocycles. The zero-order chi connectivity index (χ0) is 11.5. The van der Waals surface area contributed by atoms with Crippen LogP contribution >= 0.6 is 0 Å². The van der Waals surface area contributed by atoms with Gasteiger partial charge in [-0.25, -0.2) is 4.39 Å². The summed E-state index contributed by atoms with van der Waals surface area (Å²) in [5.41, 5.74) is 7.47. The number of rotatable bonds is 4. The zero-order valence-corrected chi connectivity index (χ0v) is 9.75. The number of anilines is 1. The Bertz CT molecular complexity index is 361. The van der Waals surface area contributed by atoms with Gasteiger partial charge in [0.1, 0.15) is 5.82 Å². The molecule has 1 aromatic carbocycles. The van der Waals surface area contributed by atoms with Crippen molar-refractivity contribution < 1.29 is 4.39 Å². The van der Waals surface area contributed by atoms with E-state index in [0.29, 0.717) is 12.6 Å². The van der Waals surface area contributed by atoms with Crippen molar-refractivity contribution in [1.29, 1.82) is 0 Å². The van der Waals surface area contributed by atoms with Gasteiger partial charge in [-0.15, -0.1) is 0 Å². The second-order valence-electron chi connectivity index (χ2n) is 4.55. The summed E-state index contributed by atoms with van der Waals surface area (Å²) >= 11 is 0. The van der Waals surface area contributed by atoms with Crippen LogP contribution in [0.1, 0.15) is 24.8 Å². The fourth-order valence-corrected chi connectivity index (χ4v) is 2.13. The molecule has 0 atom stereocenters. The van der Waals surface area contributed by atoms with Gasteiger partial charge >= 0.3 is 0 Å². The Hall–Kier alpha value is -1.09. The van der Waals surface area contributed by atoms with Crippen molar-refractivity contribution in [2.45, 2.75) is 31.7 Å². The van der Waals surface area contributed by atoms with E-state index in [1.54, 1.807) is 12.1 Å². The molecule has 1 saturated carbocycles. The highest BCUT2D eigenvalue weighted by atomic mass is 19.1. The van der Waals surface area contributed by atoms with Crippen molar-refractivity contribution >= 4 is 5.69 Å². The monoisotopic (exact) mass is 222 g/mol. The minimum Gasteiger partial charge on any atom is -0.372 e. The molecule has 88 valence electrons. The van der Waals surface area contributed by atoms with Gasteiger partial charge in [0.05, 0.1) is 0 Å². The first-order chi connectivity index (χ1) is 7.70. The van der Waals surface area contributed by atoms with E-state index in [9.17, 15) is 4.39 Å². The molecule has 2 N–H and O–H groups in total. The maximum absolute atomic E-state index is 13.4. The Labute approximate surface area is 96.2 Å². The van der Waals surface area contributed by atoms with Crippen LogP contribution in [0.4, 0.5) is 10.1 Å². The summed E-state index contributed by atoms with van der Waals surface area (Å²) in [6.07, 6.45) is 4.47. The van der Waals surface area contributed by atoms with E-state index in [4.69, 9.17) is 5.73 Å². The lowest BCUT2D eigenvalue weighted by Gasteiger charge is -2.36. The number of nitrogens with zero attached hydrogens (tertiary/aromatic N) is 1.